The number of methoxy groups -OCH3 is 1. The minimum Gasteiger partial charge on any atom is -0.385 e. The fraction of sp³-hybridized carbons (Fsp3) is 0.214. The van der Waals surface area contributed by atoms with Crippen LogP contribution in [0.25, 0.3) is 21.9 Å². The molecule has 0 saturated heterocycles. The van der Waals surface area contributed by atoms with Crippen LogP contribution in [0.4, 0.5) is 13.2 Å². The third-order valence-electron chi connectivity index (χ3n) is 5.83. The average molecular weight is 469 g/mol. The Morgan fingerprint density at radius 2 is 1.48 bits per heavy atom. The Hall–Kier alpha value is -2.82. The van der Waals surface area contributed by atoms with Gasteiger partial charge < -0.3 is 4.74 Å². The van der Waals surface area contributed by atoms with Gasteiger partial charge in [0.15, 0.2) is 0 Å². The van der Waals surface area contributed by atoms with Crippen molar-refractivity contribution in [3.8, 4) is 11.1 Å². The maximum absolute atomic E-state index is 15.1. The topological polar surface area (TPSA) is 9.23 Å². The van der Waals surface area contributed by atoms with Crippen molar-refractivity contribution in [2.75, 3.05) is 13.7 Å². The summed E-state index contributed by atoms with van der Waals surface area (Å²) in [6.45, 7) is 0.531. The summed E-state index contributed by atoms with van der Waals surface area (Å²) in [6, 6.07) is 18.6. The quantitative estimate of drug-likeness (QED) is 0.238. The summed E-state index contributed by atoms with van der Waals surface area (Å²) in [5.41, 5.74) is 2.55. The van der Waals surface area contributed by atoms with Crippen LogP contribution in [0.15, 0.2) is 66.7 Å². The van der Waals surface area contributed by atoms with Crippen molar-refractivity contribution in [2.24, 2.45) is 0 Å². The average Bonchev–Trinajstić information content (AvgIpc) is 2.79. The van der Waals surface area contributed by atoms with Crippen molar-refractivity contribution in [3.05, 3.63) is 106 Å². The second kappa shape index (κ2) is 10.4. The van der Waals surface area contributed by atoms with E-state index in [-0.39, 0.29) is 11.4 Å². The first kappa shape index (κ1) is 23.3. The van der Waals surface area contributed by atoms with Gasteiger partial charge in [-0.25, -0.2) is 13.2 Å². The van der Waals surface area contributed by atoms with Gasteiger partial charge in [0.1, 0.15) is 17.5 Å². The van der Waals surface area contributed by atoms with E-state index in [4.69, 9.17) is 16.3 Å². The number of benzene rings is 4. The molecule has 0 amide bonds. The Morgan fingerprint density at radius 3 is 2.18 bits per heavy atom. The third kappa shape index (κ3) is 5.40. The summed E-state index contributed by atoms with van der Waals surface area (Å²) < 4.78 is 49.7. The zero-order valence-electron chi connectivity index (χ0n) is 18.3. The van der Waals surface area contributed by atoms with Crippen LogP contribution in [0, 0.1) is 17.5 Å². The SMILES string of the molecule is COCCCc1cc(F)c(-c2ccc3c(F)c(CCc4ccc(Cl)cc4)ccc3c2)c(F)c1. The van der Waals surface area contributed by atoms with E-state index in [0.29, 0.717) is 64.8 Å². The van der Waals surface area contributed by atoms with Crippen LogP contribution in [0.2, 0.25) is 5.02 Å². The second-order valence-electron chi connectivity index (χ2n) is 8.13. The summed E-state index contributed by atoms with van der Waals surface area (Å²) in [7, 11) is 1.59. The van der Waals surface area contributed by atoms with Gasteiger partial charge in [0.05, 0.1) is 5.56 Å². The summed E-state index contributed by atoms with van der Waals surface area (Å²) in [6.07, 6.45) is 2.44. The molecule has 0 radical (unpaired) electrons. The standard InChI is InChI=1S/C28H24ClF3O/c1-33-14-2-3-19-15-25(30)27(26(31)16-19)22-10-13-24-21(17-22)9-8-20(28(24)32)7-4-18-5-11-23(29)12-6-18/h5-6,8-13,15-17H,2-4,7,14H2,1H3. The van der Waals surface area contributed by atoms with E-state index in [9.17, 15) is 8.78 Å². The molecule has 1 nitrogen and oxygen atoms in total. The molecule has 0 aliphatic heterocycles. The summed E-state index contributed by atoms with van der Waals surface area (Å²) >= 11 is 5.92. The predicted octanol–water partition coefficient (Wildman–Crippen LogP) is 7.94. The Labute approximate surface area is 196 Å². The van der Waals surface area contributed by atoms with Crippen LogP contribution in [-0.4, -0.2) is 13.7 Å². The molecule has 170 valence electrons. The Balaban J connectivity index is 1.58. The molecule has 0 N–H and O–H groups in total. The van der Waals surface area contributed by atoms with Crippen molar-refractivity contribution in [1.29, 1.82) is 0 Å². The molecule has 0 unspecified atom stereocenters. The first-order chi connectivity index (χ1) is 16.0. The van der Waals surface area contributed by atoms with Crippen molar-refractivity contribution in [1.82, 2.24) is 0 Å². The largest absolute Gasteiger partial charge is 0.385 e. The van der Waals surface area contributed by atoms with E-state index in [0.717, 1.165) is 5.56 Å². The monoisotopic (exact) mass is 468 g/mol. The van der Waals surface area contributed by atoms with E-state index in [2.05, 4.69) is 0 Å². The predicted molar refractivity (Wildman–Crippen MR) is 128 cm³/mol. The lowest BCUT2D eigenvalue weighted by Crippen LogP contribution is -1.98. The molecule has 0 fully saturated rings. The molecule has 5 heteroatoms. The first-order valence-electron chi connectivity index (χ1n) is 10.9. The van der Waals surface area contributed by atoms with Crippen LogP contribution in [0.3, 0.4) is 0 Å². The highest BCUT2D eigenvalue weighted by atomic mass is 35.5. The lowest BCUT2D eigenvalue weighted by Gasteiger charge is -2.11. The van der Waals surface area contributed by atoms with Crippen molar-refractivity contribution >= 4 is 22.4 Å². The molecule has 0 bridgehead atoms. The van der Waals surface area contributed by atoms with Crippen molar-refractivity contribution in [3.63, 3.8) is 0 Å². The number of fused-ring (bicyclic) bond motifs is 1. The number of aryl methyl sites for hydroxylation is 3. The summed E-state index contributed by atoms with van der Waals surface area (Å²) in [4.78, 5) is 0. The number of rotatable bonds is 8. The van der Waals surface area contributed by atoms with Crippen LogP contribution >= 0.6 is 11.6 Å². The molecule has 0 aliphatic carbocycles. The fourth-order valence-electron chi connectivity index (χ4n) is 4.08. The fourth-order valence-corrected chi connectivity index (χ4v) is 4.21. The molecule has 0 spiro atoms. The Kier molecular flexibility index (Phi) is 7.36. The van der Waals surface area contributed by atoms with E-state index < -0.39 is 11.6 Å². The van der Waals surface area contributed by atoms with Gasteiger partial charge in [0, 0.05) is 24.1 Å². The number of hydrogen-bond acceptors (Lipinski definition) is 1. The van der Waals surface area contributed by atoms with Gasteiger partial charge in [-0.2, -0.15) is 0 Å². The van der Waals surface area contributed by atoms with Crippen LogP contribution in [-0.2, 0) is 24.0 Å². The van der Waals surface area contributed by atoms with Gasteiger partial charge in [0.2, 0.25) is 0 Å². The molecule has 4 aromatic carbocycles. The molecular weight excluding hydrogens is 445 g/mol. The van der Waals surface area contributed by atoms with Crippen molar-refractivity contribution < 1.29 is 17.9 Å². The molecule has 0 heterocycles. The van der Waals surface area contributed by atoms with E-state index >= 15 is 4.39 Å². The second-order valence-corrected chi connectivity index (χ2v) is 8.57. The van der Waals surface area contributed by atoms with E-state index in [1.165, 1.54) is 12.1 Å². The highest BCUT2D eigenvalue weighted by molar-refractivity contribution is 6.30. The molecule has 0 saturated carbocycles. The number of ether oxygens (including phenoxy) is 1. The van der Waals surface area contributed by atoms with Crippen LogP contribution in [0.1, 0.15) is 23.1 Å². The summed E-state index contributed by atoms with van der Waals surface area (Å²) in [5.74, 6) is -1.55. The first-order valence-corrected chi connectivity index (χ1v) is 11.3. The molecule has 4 rings (SSSR count). The molecule has 0 aliphatic rings. The lowest BCUT2D eigenvalue weighted by molar-refractivity contribution is 0.195. The summed E-state index contributed by atoms with van der Waals surface area (Å²) in [5, 5.41) is 1.70. The van der Waals surface area contributed by atoms with Gasteiger partial charge in [-0.15, -0.1) is 0 Å². The van der Waals surface area contributed by atoms with Crippen molar-refractivity contribution in [2.45, 2.75) is 25.7 Å². The maximum Gasteiger partial charge on any atom is 0.134 e. The van der Waals surface area contributed by atoms with Gasteiger partial charge in [0.25, 0.3) is 0 Å². The zero-order valence-corrected chi connectivity index (χ0v) is 19.1. The molecule has 0 atom stereocenters. The highest BCUT2D eigenvalue weighted by Gasteiger charge is 2.15. The molecule has 0 aromatic heterocycles. The third-order valence-corrected chi connectivity index (χ3v) is 6.09. The van der Waals surface area contributed by atoms with E-state index in [1.807, 2.05) is 24.3 Å². The Bertz CT molecular complexity index is 1250. The maximum atomic E-state index is 15.1. The Morgan fingerprint density at radius 1 is 0.758 bits per heavy atom. The van der Waals surface area contributed by atoms with Crippen LogP contribution < -0.4 is 0 Å². The highest BCUT2D eigenvalue weighted by Crippen LogP contribution is 2.32. The minimum absolute atomic E-state index is 0.0976. The number of halogens is 4. The number of hydrogen-bond donors (Lipinski definition) is 0. The van der Waals surface area contributed by atoms with Gasteiger partial charge in [-0.1, -0.05) is 48.0 Å². The van der Waals surface area contributed by atoms with Crippen LogP contribution in [0.5, 0.6) is 0 Å². The van der Waals surface area contributed by atoms with Gasteiger partial charge in [-0.3, -0.25) is 0 Å². The molecular formula is C28H24ClF3O. The molecule has 33 heavy (non-hydrogen) atoms. The molecule has 4 aromatic rings. The van der Waals surface area contributed by atoms with Gasteiger partial charge in [-0.05, 0) is 83.7 Å². The smallest absolute Gasteiger partial charge is 0.134 e. The minimum atomic E-state index is -0.623. The van der Waals surface area contributed by atoms with Gasteiger partial charge >= 0.3 is 0 Å². The zero-order chi connectivity index (χ0) is 23.4. The van der Waals surface area contributed by atoms with E-state index in [1.54, 1.807) is 37.4 Å². The normalized spacial score (nSPS) is 11.3. The lowest BCUT2D eigenvalue weighted by atomic mass is 9.96.